The first kappa shape index (κ1) is 9.00. The lowest BCUT2D eigenvalue weighted by Crippen LogP contribution is -2.25. The van der Waals surface area contributed by atoms with Crippen molar-refractivity contribution >= 4 is 5.78 Å². The van der Waals surface area contributed by atoms with E-state index >= 15 is 0 Å². The van der Waals surface area contributed by atoms with E-state index in [4.69, 9.17) is 5.26 Å². The monoisotopic (exact) mass is 222 g/mol. The number of nitrogens with one attached hydrogen (secondary N) is 1. The molecule has 3 aliphatic rings. The summed E-state index contributed by atoms with van der Waals surface area (Å²) in [6.07, 6.45) is 2.85. The van der Waals surface area contributed by atoms with E-state index in [1.807, 2.05) is 6.07 Å². The number of rotatable bonds is 0. The molecule has 2 atom stereocenters. The molecule has 0 radical (unpaired) electrons. The predicted molar refractivity (Wildman–Crippen MR) is 61.4 cm³/mol. The Hall–Kier alpha value is -2.08. The molecule has 4 rings (SSSR count). The lowest BCUT2D eigenvalue weighted by Gasteiger charge is -2.23. The molecule has 0 amide bonds. The van der Waals surface area contributed by atoms with Gasteiger partial charge in [-0.15, -0.1) is 0 Å². The van der Waals surface area contributed by atoms with Crippen molar-refractivity contribution in [1.82, 2.24) is 5.32 Å². The fraction of sp³-hybridized carbons (Fsp3) is 0.286. The maximum absolute atomic E-state index is 12.0. The quantitative estimate of drug-likeness (QED) is 0.723. The largest absolute Gasteiger partial charge is 0.387 e. The number of carbonyl (C=O) groups is 1. The molecule has 1 N–H and O–H groups in total. The standard InChI is InChI=1S/C14H10N2O/c15-6-8-1-2-10-11(3-8)14-5-9(14)7-16-13(14)4-12(10)17/h1-4,9,16H,5,7H2/t9-,14-/m1/s1. The molecule has 2 aliphatic carbocycles. The van der Waals surface area contributed by atoms with E-state index in [0.717, 1.165) is 29.8 Å². The van der Waals surface area contributed by atoms with Crippen LogP contribution in [-0.2, 0) is 5.41 Å². The van der Waals surface area contributed by atoms with Gasteiger partial charge in [-0.05, 0) is 36.1 Å². The Morgan fingerprint density at radius 2 is 2.35 bits per heavy atom. The van der Waals surface area contributed by atoms with Gasteiger partial charge in [-0.3, -0.25) is 4.79 Å². The van der Waals surface area contributed by atoms with Crippen molar-refractivity contribution in [3.8, 4) is 6.07 Å². The number of hydrogen-bond donors (Lipinski definition) is 1. The van der Waals surface area contributed by atoms with E-state index in [1.165, 1.54) is 0 Å². The van der Waals surface area contributed by atoms with E-state index in [0.29, 0.717) is 11.5 Å². The summed E-state index contributed by atoms with van der Waals surface area (Å²) >= 11 is 0. The summed E-state index contributed by atoms with van der Waals surface area (Å²) in [5.74, 6) is 0.666. The third kappa shape index (κ3) is 0.898. The van der Waals surface area contributed by atoms with Crippen LogP contribution in [0.5, 0.6) is 0 Å². The van der Waals surface area contributed by atoms with E-state index < -0.39 is 0 Å². The molecule has 1 aromatic rings. The van der Waals surface area contributed by atoms with Crippen LogP contribution in [0.25, 0.3) is 0 Å². The molecule has 1 saturated carbocycles. The number of piperidine rings is 1. The summed E-state index contributed by atoms with van der Waals surface area (Å²) in [5.41, 5.74) is 3.59. The van der Waals surface area contributed by atoms with Gasteiger partial charge in [0.1, 0.15) is 0 Å². The third-order valence-electron chi connectivity index (χ3n) is 4.29. The smallest absolute Gasteiger partial charge is 0.187 e. The first-order chi connectivity index (χ1) is 8.25. The Morgan fingerprint density at radius 3 is 3.12 bits per heavy atom. The Bertz CT molecular complexity index is 638. The van der Waals surface area contributed by atoms with Gasteiger partial charge in [0.05, 0.1) is 11.6 Å². The molecule has 1 spiro atoms. The minimum absolute atomic E-state index is 0.0378. The third-order valence-corrected chi connectivity index (χ3v) is 4.29. The van der Waals surface area contributed by atoms with Gasteiger partial charge in [-0.25, -0.2) is 0 Å². The lowest BCUT2D eigenvalue weighted by atomic mass is 9.81. The number of ketones is 1. The van der Waals surface area contributed by atoms with Crippen molar-refractivity contribution in [2.75, 3.05) is 6.54 Å². The molecule has 3 nitrogen and oxygen atoms in total. The molecule has 3 heteroatoms. The van der Waals surface area contributed by atoms with Crippen LogP contribution in [0, 0.1) is 17.2 Å². The predicted octanol–water partition coefficient (Wildman–Crippen LogP) is 1.50. The number of fused-ring (bicyclic) bond motifs is 1. The van der Waals surface area contributed by atoms with Gasteiger partial charge in [-0.2, -0.15) is 5.26 Å². The van der Waals surface area contributed by atoms with E-state index in [9.17, 15) is 4.79 Å². The second-order valence-corrected chi connectivity index (χ2v) is 5.05. The van der Waals surface area contributed by atoms with Crippen LogP contribution < -0.4 is 5.32 Å². The summed E-state index contributed by atoms with van der Waals surface area (Å²) in [7, 11) is 0. The van der Waals surface area contributed by atoms with Crippen LogP contribution in [0.1, 0.15) is 27.9 Å². The Balaban J connectivity index is 2.02. The minimum Gasteiger partial charge on any atom is -0.387 e. The zero-order valence-electron chi connectivity index (χ0n) is 9.16. The van der Waals surface area contributed by atoms with E-state index in [1.54, 1.807) is 18.2 Å². The van der Waals surface area contributed by atoms with Gasteiger partial charge in [0.2, 0.25) is 0 Å². The highest BCUT2D eigenvalue weighted by Gasteiger charge is 2.63. The molecule has 2 fully saturated rings. The topological polar surface area (TPSA) is 52.9 Å². The molecular formula is C14H10N2O. The molecule has 0 unspecified atom stereocenters. The van der Waals surface area contributed by atoms with Gasteiger partial charge in [0.15, 0.2) is 5.78 Å². The molecule has 1 saturated heterocycles. The molecule has 1 aromatic carbocycles. The summed E-state index contributed by atoms with van der Waals surface area (Å²) in [4.78, 5) is 12.0. The molecule has 82 valence electrons. The number of nitrogens with zero attached hydrogens (tertiary/aromatic N) is 1. The van der Waals surface area contributed by atoms with Gasteiger partial charge in [0.25, 0.3) is 0 Å². The van der Waals surface area contributed by atoms with Crippen LogP contribution in [-0.4, -0.2) is 12.3 Å². The lowest BCUT2D eigenvalue weighted by molar-refractivity contribution is 0.104. The molecule has 1 aliphatic heterocycles. The van der Waals surface area contributed by atoms with Crippen LogP contribution in [0.15, 0.2) is 30.0 Å². The van der Waals surface area contributed by atoms with Gasteiger partial charge >= 0.3 is 0 Å². The second-order valence-electron chi connectivity index (χ2n) is 5.05. The SMILES string of the molecule is N#Cc1ccc2c(c1)[C@@]13C[C@@H]1CNC3=CC2=O. The normalized spacial score (nSPS) is 31.6. The van der Waals surface area contributed by atoms with E-state index in [-0.39, 0.29) is 11.2 Å². The molecular weight excluding hydrogens is 212 g/mol. The summed E-state index contributed by atoms with van der Waals surface area (Å²) in [6, 6.07) is 7.58. The van der Waals surface area contributed by atoms with E-state index in [2.05, 4.69) is 11.4 Å². The number of benzene rings is 1. The van der Waals surface area contributed by atoms with Crippen molar-refractivity contribution < 1.29 is 4.79 Å². The molecule has 0 bridgehead atoms. The second kappa shape index (κ2) is 2.60. The van der Waals surface area contributed by atoms with Crippen molar-refractivity contribution in [2.24, 2.45) is 5.92 Å². The zero-order chi connectivity index (χ0) is 11.6. The summed E-state index contributed by atoms with van der Waals surface area (Å²) in [5, 5.41) is 12.3. The fourth-order valence-electron chi connectivity index (χ4n) is 3.36. The Morgan fingerprint density at radius 1 is 1.47 bits per heavy atom. The molecule has 0 aromatic heterocycles. The average Bonchev–Trinajstić information content (AvgIpc) is 2.98. The van der Waals surface area contributed by atoms with Crippen molar-refractivity contribution in [1.29, 1.82) is 5.26 Å². The molecule has 17 heavy (non-hydrogen) atoms. The van der Waals surface area contributed by atoms with Crippen LogP contribution in [0.2, 0.25) is 0 Å². The van der Waals surface area contributed by atoms with Crippen molar-refractivity contribution in [3.05, 3.63) is 46.7 Å². The Labute approximate surface area is 98.7 Å². The highest BCUT2D eigenvalue weighted by molar-refractivity contribution is 6.08. The zero-order valence-corrected chi connectivity index (χ0v) is 9.16. The molecule has 1 heterocycles. The minimum atomic E-state index is 0.0378. The van der Waals surface area contributed by atoms with Gasteiger partial charge in [0, 0.05) is 29.3 Å². The summed E-state index contributed by atoms with van der Waals surface area (Å²) < 4.78 is 0. The van der Waals surface area contributed by atoms with Gasteiger partial charge in [-0.1, -0.05) is 0 Å². The van der Waals surface area contributed by atoms with Gasteiger partial charge < -0.3 is 5.32 Å². The average molecular weight is 222 g/mol. The van der Waals surface area contributed by atoms with Crippen LogP contribution in [0.3, 0.4) is 0 Å². The first-order valence-electron chi connectivity index (χ1n) is 5.81. The van der Waals surface area contributed by atoms with Crippen molar-refractivity contribution in [3.63, 3.8) is 0 Å². The maximum Gasteiger partial charge on any atom is 0.187 e. The van der Waals surface area contributed by atoms with Crippen molar-refractivity contribution in [2.45, 2.75) is 11.8 Å². The maximum atomic E-state index is 12.0. The number of hydrogen-bond acceptors (Lipinski definition) is 3. The Kier molecular flexibility index (Phi) is 1.37. The highest BCUT2D eigenvalue weighted by Crippen LogP contribution is 2.63. The fourth-order valence-corrected chi connectivity index (χ4v) is 3.36. The van der Waals surface area contributed by atoms with Crippen LogP contribution in [0.4, 0.5) is 0 Å². The number of carbonyl (C=O) groups excluding carboxylic acids is 1. The first-order valence-corrected chi connectivity index (χ1v) is 5.81. The van der Waals surface area contributed by atoms with Crippen LogP contribution >= 0.6 is 0 Å². The summed E-state index contributed by atoms with van der Waals surface area (Å²) in [6.45, 7) is 0.954. The highest BCUT2D eigenvalue weighted by atomic mass is 16.1. The number of nitriles is 1. The number of allylic oxidation sites excluding steroid dienone is 2.